The third-order valence-electron chi connectivity index (χ3n) is 3.09. The van der Waals surface area contributed by atoms with Gasteiger partial charge in [-0.05, 0) is 34.9 Å². The number of pyridine rings is 1. The van der Waals surface area contributed by atoms with Gasteiger partial charge in [0.1, 0.15) is 0 Å². The first-order chi connectivity index (χ1) is 9.31. The average molecular weight is 254 g/mol. The minimum atomic E-state index is -0.0353. The number of rotatable bonds is 3. The molecular formula is C15H14N2O2. The monoisotopic (exact) mass is 254 g/mol. The molecule has 1 amide bonds. The van der Waals surface area contributed by atoms with Gasteiger partial charge < -0.3 is 10.1 Å². The molecule has 0 atom stereocenters. The van der Waals surface area contributed by atoms with Crippen molar-refractivity contribution in [3.63, 3.8) is 0 Å². The summed E-state index contributed by atoms with van der Waals surface area (Å²) in [6.07, 6.45) is 3.74. The molecule has 0 unspecified atom stereocenters. The van der Waals surface area contributed by atoms with Crippen LogP contribution >= 0.6 is 0 Å². The fourth-order valence-electron chi connectivity index (χ4n) is 2.14. The van der Waals surface area contributed by atoms with Crippen LogP contribution in [0.15, 0.2) is 42.7 Å². The number of anilines is 1. The second kappa shape index (κ2) is 5.20. The summed E-state index contributed by atoms with van der Waals surface area (Å²) in [5, 5.41) is 2.90. The maximum Gasteiger partial charge on any atom is 0.228 e. The number of fused-ring (bicyclic) bond motifs is 1. The van der Waals surface area contributed by atoms with Gasteiger partial charge in [0.05, 0.1) is 19.6 Å². The molecule has 96 valence electrons. The molecule has 1 aromatic heterocycles. The second-order valence-corrected chi connectivity index (χ2v) is 4.56. The molecule has 0 radical (unpaired) electrons. The Morgan fingerprint density at radius 1 is 1.26 bits per heavy atom. The molecule has 0 aliphatic carbocycles. The molecule has 2 aromatic rings. The predicted molar refractivity (Wildman–Crippen MR) is 71.5 cm³/mol. The first-order valence-corrected chi connectivity index (χ1v) is 6.19. The van der Waals surface area contributed by atoms with E-state index in [4.69, 9.17) is 4.74 Å². The van der Waals surface area contributed by atoms with Gasteiger partial charge in [-0.2, -0.15) is 0 Å². The van der Waals surface area contributed by atoms with Crippen molar-refractivity contribution in [2.75, 3.05) is 5.32 Å². The van der Waals surface area contributed by atoms with Crippen LogP contribution in [-0.4, -0.2) is 10.9 Å². The van der Waals surface area contributed by atoms with E-state index in [2.05, 4.69) is 10.3 Å². The van der Waals surface area contributed by atoms with Crippen LogP contribution in [0.2, 0.25) is 0 Å². The zero-order valence-electron chi connectivity index (χ0n) is 10.4. The number of benzene rings is 1. The van der Waals surface area contributed by atoms with Crippen molar-refractivity contribution < 1.29 is 9.53 Å². The molecule has 4 nitrogen and oxygen atoms in total. The van der Waals surface area contributed by atoms with Gasteiger partial charge in [0, 0.05) is 18.1 Å². The number of hydrogen-bond acceptors (Lipinski definition) is 3. The fourth-order valence-corrected chi connectivity index (χ4v) is 2.14. The summed E-state index contributed by atoms with van der Waals surface area (Å²) in [4.78, 5) is 15.9. The lowest BCUT2D eigenvalue weighted by atomic mass is 10.1. The fraction of sp³-hybridized carbons (Fsp3) is 0.200. The van der Waals surface area contributed by atoms with E-state index in [0.29, 0.717) is 19.6 Å². The quantitative estimate of drug-likeness (QED) is 0.914. The Kier molecular flexibility index (Phi) is 3.25. The largest absolute Gasteiger partial charge is 0.372 e. The molecule has 0 bridgehead atoms. The standard InChI is InChI=1S/C15H14N2O2/c18-15(6-11-2-1-5-16-8-11)17-14-4-3-12-9-19-10-13(12)7-14/h1-5,7-8H,6,9-10H2,(H,17,18). The molecule has 4 heteroatoms. The van der Waals surface area contributed by atoms with Crippen molar-refractivity contribution in [3.8, 4) is 0 Å². The SMILES string of the molecule is O=C(Cc1cccnc1)Nc1ccc2c(c1)COC2. The van der Waals surface area contributed by atoms with E-state index < -0.39 is 0 Å². The highest BCUT2D eigenvalue weighted by molar-refractivity contribution is 5.92. The number of nitrogens with zero attached hydrogens (tertiary/aromatic N) is 1. The third kappa shape index (κ3) is 2.80. The molecule has 2 heterocycles. The summed E-state index contributed by atoms with van der Waals surface area (Å²) in [6.45, 7) is 1.29. The number of carbonyl (C=O) groups excluding carboxylic acids is 1. The Morgan fingerprint density at radius 3 is 3.00 bits per heavy atom. The average Bonchev–Trinajstić information content (AvgIpc) is 2.87. The van der Waals surface area contributed by atoms with Gasteiger partial charge in [0.25, 0.3) is 0 Å². The highest BCUT2D eigenvalue weighted by atomic mass is 16.5. The van der Waals surface area contributed by atoms with Crippen molar-refractivity contribution >= 4 is 11.6 Å². The minimum absolute atomic E-state index is 0.0353. The van der Waals surface area contributed by atoms with Crippen LogP contribution in [-0.2, 0) is 29.2 Å². The van der Waals surface area contributed by atoms with E-state index in [1.165, 1.54) is 5.56 Å². The third-order valence-corrected chi connectivity index (χ3v) is 3.09. The lowest BCUT2D eigenvalue weighted by molar-refractivity contribution is -0.115. The Morgan fingerprint density at radius 2 is 2.16 bits per heavy atom. The molecule has 0 fully saturated rings. The lowest BCUT2D eigenvalue weighted by Gasteiger charge is -2.06. The summed E-state index contributed by atoms with van der Waals surface area (Å²) < 4.78 is 5.35. The van der Waals surface area contributed by atoms with E-state index >= 15 is 0 Å². The summed E-state index contributed by atoms with van der Waals surface area (Å²) >= 11 is 0. The number of carbonyl (C=O) groups is 1. The van der Waals surface area contributed by atoms with E-state index in [-0.39, 0.29) is 5.91 Å². The number of hydrogen-bond donors (Lipinski definition) is 1. The van der Waals surface area contributed by atoms with Crippen molar-refractivity contribution in [1.82, 2.24) is 4.98 Å². The second-order valence-electron chi connectivity index (χ2n) is 4.56. The van der Waals surface area contributed by atoms with Crippen LogP contribution in [0.1, 0.15) is 16.7 Å². The molecule has 1 N–H and O–H groups in total. The van der Waals surface area contributed by atoms with Gasteiger partial charge in [-0.25, -0.2) is 0 Å². The Bertz CT molecular complexity index is 596. The van der Waals surface area contributed by atoms with Crippen molar-refractivity contribution in [3.05, 3.63) is 59.4 Å². The number of nitrogens with one attached hydrogen (secondary N) is 1. The summed E-state index contributed by atoms with van der Waals surface area (Å²) in [5.74, 6) is -0.0353. The van der Waals surface area contributed by atoms with Crippen LogP contribution < -0.4 is 5.32 Å². The van der Waals surface area contributed by atoms with Gasteiger partial charge in [-0.3, -0.25) is 9.78 Å². The zero-order valence-corrected chi connectivity index (χ0v) is 10.4. The van der Waals surface area contributed by atoms with Gasteiger partial charge in [-0.15, -0.1) is 0 Å². The number of ether oxygens (including phenoxy) is 1. The molecule has 3 rings (SSSR count). The topological polar surface area (TPSA) is 51.2 Å². The Balaban J connectivity index is 1.66. The van der Waals surface area contributed by atoms with Crippen molar-refractivity contribution in [2.24, 2.45) is 0 Å². The summed E-state index contributed by atoms with van der Waals surface area (Å²) in [7, 11) is 0. The highest BCUT2D eigenvalue weighted by Crippen LogP contribution is 2.23. The molecule has 0 spiro atoms. The number of aromatic nitrogens is 1. The van der Waals surface area contributed by atoms with Gasteiger partial charge in [0.15, 0.2) is 0 Å². The van der Waals surface area contributed by atoms with Gasteiger partial charge >= 0.3 is 0 Å². The van der Waals surface area contributed by atoms with Crippen LogP contribution in [0.5, 0.6) is 0 Å². The van der Waals surface area contributed by atoms with Gasteiger partial charge in [-0.1, -0.05) is 12.1 Å². The van der Waals surface area contributed by atoms with E-state index in [1.807, 2.05) is 30.3 Å². The molecule has 1 aliphatic heterocycles. The maximum absolute atomic E-state index is 11.9. The summed E-state index contributed by atoms with van der Waals surface area (Å²) in [6, 6.07) is 9.61. The molecule has 0 saturated carbocycles. The van der Waals surface area contributed by atoms with Crippen molar-refractivity contribution in [1.29, 1.82) is 0 Å². The Labute approximate surface area is 111 Å². The summed E-state index contributed by atoms with van der Waals surface area (Å²) in [5.41, 5.74) is 4.08. The predicted octanol–water partition coefficient (Wildman–Crippen LogP) is 2.29. The lowest BCUT2D eigenvalue weighted by Crippen LogP contribution is -2.14. The Hall–Kier alpha value is -2.20. The van der Waals surface area contributed by atoms with Crippen LogP contribution in [0.3, 0.4) is 0 Å². The first kappa shape index (κ1) is 11.9. The number of amides is 1. The normalized spacial score (nSPS) is 13.1. The minimum Gasteiger partial charge on any atom is -0.372 e. The van der Waals surface area contributed by atoms with Crippen LogP contribution in [0, 0.1) is 0 Å². The molecule has 1 aromatic carbocycles. The molecular weight excluding hydrogens is 240 g/mol. The molecule has 0 saturated heterocycles. The van der Waals surface area contributed by atoms with E-state index in [0.717, 1.165) is 16.8 Å². The first-order valence-electron chi connectivity index (χ1n) is 6.19. The van der Waals surface area contributed by atoms with Crippen LogP contribution in [0.25, 0.3) is 0 Å². The van der Waals surface area contributed by atoms with Crippen LogP contribution in [0.4, 0.5) is 5.69 Å². The zero-order chi connectivity index (χ0) is 13.1. The smallest absolute Gasteiger partial charge is 0.228 e. The van der Waals surface area contributed by atoms with Crippen molar-refractivity contribution in [2.45, 2.75) is 19.6 Å². The maximum atomic E-state index is 11.9. The molecule has 1 aliphatic rings. The molecule has 19 heavy (non-hydrogen) atoms. The highest BCUT2D eigenvalue weighted by Gasteiger charge is 2.12. The van der Waals surface area contributed by atoms with E-state index in [9.17, 15) is 4.79 Å². The van der Waals surface area contributed by atoms with Gasteiger partial charge in [0.2, 0.25) is 5.91 Å². The van der Waals surface area contributed by atoms with E-state index in [1.54, 1.807) is 12.4 Å².